The molecule has 0 saturated carbocycles. The van der Waals surface area contributed by atoms with Crippen LogP contribution in [0.2, 0.25) is 0 Å². The maximum Gasteiger partial charge on any atom is 0.0568 e. The first kappa shape index (κ1) is 9.45. The zero-order valence-electron chi connectivity index (χ0n) is 7.75. The van der Waals surface area contributed by atoms with Gasteiger partial charge in [0.05, 0.1) is 11.4 Å². The van der Waals surface area contributed by atoms with Crippen LogP contribution in [0.3, 0.4) is 0 Å². The third-order valence-corrected chi connectivity index (χ3v) is 1.83. The Labute approximate surface area is 78.4 Å². The molecular weight excluding hydrogens is 162 g/mol. The summed E-state index contributed by atoms with van der Waals surface area (Å²) in [6.07, 6.45) is 1.83. The highest BCUT2D eigenvalue weighted by molar-refractivity contribution is 5.69. The van der Waals surface area contributed by atoms with Crippen molar-refractivity contribution in [1.29, 1.82) is 0 Å². The van der Waals surface area contributed by atoms with Gasteiger partial charge in [-0.25, -0.2) is 0 Å². The Morgan fingerprint density at radius 3 is 2.62 bits per heavy atom. The molecule has 3 nitrogen and oxygen atoms in total. The standard InChI is InChI=1S/C10H15N3/c1-3-7(2)13-8-4-5-9(11)10(12)6-8/h3-7,13H,1,11-12H2,2H3. The van der Waals surface area contributed by atoms with E-state index in [1.54, 1.807) is 6.07 Å². The molecule has 0 aliphatic heterocycles. The highest BCUT2D eigenvalue weighted by atomic mass is 14.9. The molecule has 0 aliphatic rings. The number of hydrogen-bond donors (Lipinski definition) is 3. The summed E-state index contributed by atoms with van der Waals surface area (Å²) in [5.74, 6) is 0. The fourth-order valence-electron chi connectivity index (χ4n) is 0.986. The summed E-state index contributed by atoms with van der Waals surface area (Å²) in [5.41, 5.74) is 13.4. The van der Waals surface area contributed by atoms with E-state index >= 15 is 0 Å². The van der Waals surface area contributed by atoms with Gasteiger partial charge in [-0.2, -0.15) is 0 Å². The van der Waals surface area contributed by atoms with Crippen molar-refractivity contribution >= 4 is 17.1 Å². The maximum atomic E-state index is 5.65. The number of nitrogens with two attached hydrogens (primary N) is 2. The second-order valence-corrected chi connectivity index (χ2v) is 3.01. The molecule has 1 atom stereocenters. The van der Waals surface area contributed by atoms with E-state index in [2.05, 4.69) is 11.9 Å². The molecule has 3 heteroatoms. The van der Waals surface area contributed by atoms with Gasteiger partial charge in [0.25, 0.3) is 0 Å². The molecule has 1 aromatic carbocycles. The molecule has 0 heterocycles. The lowest BCUT2D eigenvalue weighted by Gasteiger charge is -2.11. The fraction of sp³-hybridized carbons (Fsp3) is 0.200. The summed E-state index contributed by atoms with van der Waals surface area (Å²) in [6.45, 7) is 5.69. The van der Waals surface area contributed by atoms with Crippen LogP contribution in [0.4, 0.5) is 17.1 Å². The van der Waals surface area contributed by atoms with Gasteiger partial charge in [-0.3, -0.25) is 0 Å². The van der Waals surface area contributed by atoms with Crippen molar-refractivity contribution in [3.63, 3.8) is 0 Å². The normalized spacial score (nSPS) is 12.1. The SMILES string of the molecule is C=CC(C)Nc1ccc(N)c(N)c1. The summed E-state index contributed by atoms with van der Waals surface area (Å²) in [5, 5.41) is 3.21. The molecule has 0 saturated heterocycles. The van der Waals surface area contributed by atoms with Crippen LogP contribution in [0.15, 0.2) is 30.9 Å². The monoisotopic (exact) mass is 177 g/mol. The molecule has 0 aliphatic carbocycles. The first-order valence-corrected chi connectivity index (χ1v) is 4.17. The molecule has 0 amide bonds. The third kappa shape index (κ3) is 2.40. The van der Waals surface area contributed by atoms with E-state index in [1.807, 2.05) is 25.1 Å². The summed E-state index contributed by atoms with van der Waals surface area (Å²) >= 11 is 0. The summed E-state index contributed by atoms with van der Waals surface area (Å²) in [7, 11) is 0. The van der Waals surface area contributed by atoms with Crippen LogP contribution in [0.5, 0.6) is 0 Å². The van der Waals surface area contributed by atoms with E-state index < -0.39 is 0 Å². The lowest BCUT2D eigenvalue weighted by atomic mass is 10.2. The number of benzene rings is 1. The molecule has 0 bridgehead atoms. The minimum absolute atomic E-state index is 0.225. The van der Waals surface area contributed by atoms with Crippen LogP contribution >= 0.6 is 0 Å². The summed E-state index contributed by atoms with van der Waals surface area (Å²) in [6, 6.07) is 5.72. The van der Waals surface area contributed by atoms with Crippen LogP contribution in [0.25, 0.3) is 0 Å². The number of nitrogens with one attached hydrogen (secondary N) is 1. The first-order valence-electron chi connectivity index (χ1n) is 4.17. The first-order chi connectivity index (χ1) is 6.13. The molecule has 5 N–H and O–H groups in total. The predicted molar refractivity (Wildman–Crippen MR) is 58.5 cm³/mol. The van der Waals surface area contributed by atoms with E-state index in [1.165, 1.54) is 0 Å². The predicted octanol–water partition coefficient (Wildman–Crippen LogP) is 1.84. The third-order valence-electron chi connectivity index (χ3n) is 1.83. The molecule has 70 valence electrons. The molecule has 1 unspecified atom stereocenters. The van der Waals surface area contributed by atoms with Crippen molar-refractivity contribution in [2.45, 2.75) is 13.0 Å². The largest absolute Gasteiger partial charge is 0.397 e. The van der Waals surface area contributed by atoms with Crippen LogP contribution < -0.4 is 16.8 Å². The van der Waals surface area contributed by atoms with Crippen molar-refractivity contribution in [3.05, 3.63) is 30.9 Å². The van der Waals surface area contributed by atoms with E-state index in [-0.39, 0.29) is 6.04 Å². The Kier molecular flexibility index (Phi) is 2.80. The average molecular weight is 177 g/mol. The second-order valence-electron chi connectivity index (χ2n) is 3.01. The average Bonchev–Trinajstić information content (AvgIpc) is 2.11. The van der Waals surface area contributed by atoms with Crippen molar-refractivity contribution < 1.29 is 0 Å². The number of nitrogen functional groups attached to an aromatic ring is 2. The molecule has 1 rings (SSSR count). The van der Waals surface area contributed by atoms with Crippen molar-refractivity contribution in [2.24, 2.45) is 0 Å². The van der Waals surface area contributed by atoms with Gasteiger partial charge in [0, 0.05) is 11.7 Å². The molecule has 0 aromatic heterocycles. The van der Waals surface area contributed by atoms with Gasteiger partial charge in [0.1, 0.15) is 0 Å². The van der Waals surface area contributed by atoms with Crippen LogP contribution in [-0.4, -0.2) is 6.04 Å². The lowest BCUT2D eigenvalue weighted by Crippen LogP contribution is -2.11. The summed E-state index contributed by atoms with van der Waals surface area (Å²) < 4.78 is 0. The Morgan fingerprint density at radius 2 is 2.08 bits per heavy atom. The second kappa shape index (κ2) is 3.85. The van der Waals surface area contributed by atoms with Crippen LogP contribution in [0, 0.1) is 0 Å². The lowest BCUT2D eigenvalue weighted by molar-refractivity contribution is 1.00. The summed E-state index contributed by atoms with van der Waals surface area (Å²) in [4.78, 5) is 0. The van der Waals surface area contributed by atoms with Crippen molar-refractivity contribution in [2.75, 3.05) is 16.8 Å². The van der Waals surface area contributed by atoms with Gasteiger partial charge in [0.2, 0.25) is 0 Å². The maximum absolute atomic E-state index is 5.65. The molecular formula is C10H15N3. The van der Waals surface area contributed by atoms with Crippen LogP contribution in [-0.2, 0) is 0 Å². The van der Waals surface area contributed by atoms with E-state index in [0.29, 0.717) is 11.4 Å². The van der Waals surface area contributed by atoms with Gasteiger partial charge in [0.15, 0.2) is 0 Å². The molecule has 0 spiro atoms. The Bertz CT molecular complexity index is 307. The van der Waals surface area contributed by atoms with Gasteiger partial charge in [-0.05, 0) is 25.1 Å². The smallest absolute Gasteiger partial charge is 0.0568 e. The number of anilines is 3. The topological polar surface area (TPSA) is 64.1 Å². The zero-order chi connectivity index (χ0) is 9.84. The zero-order valence-corrected chi connectivity index (χ0v) is 7.75. The highest BCUT2D eigenvalue weighted by Gasteiger charge is 1.98. The fourth-order valence-corrected chi connectivity index (χ4v) is 0.986. The number of rotatable bonds is 3. The molecule has 13 heavy (non-hydrogen) atoms. The van der Waals surface area contributed by atoms with E-state index in [0.717, 1.165) is 5.69 Å². The van der Waals surface area contributed by atoms with Gasteiger partial charge in [-0.1, -0.05) is 6.08 Å². The molecule has 0 fully saturated rings. The Morgan fingerprint density at radius 1 is 1.38 bits per heavy atom. The highest BCUT2D eigenvalue weighted by Crippen LogP contribution is 2.19. The minimum Gasteiger partial charge on any atom is -0.397 e. The molecule has 1 aromatic rings. The van der Waals surface area contributed by atoms with Gasteiger partial charge >= 0.3 is 0 Å². The Hall–Kier alpha value is -1.64. The van der Waals surface area contributed by atoms with Crippen molar-refractivity contribution in [1.82, 2.24) is 0 Å². The van der Waals surface area contributed by atoms with Crippen molar-refractivity contribution in [3.8, 4) is 0 Å². The van der Waals surface area contributed by atoms with Gasteiger partial charge < -0.3 is 16.8 Å². The number of hydrogen-bond acceptors (Lipinski definition) is 3. The Balaban J connectivity index is 2.79. The van der Waals surface area contributed by atoms with Crippen LogP contribution in [0.1, 0.15) is 6.92 Å². The quantitative estimate of drug-likeness (QED) is 0.487. The van der Waals surface area contributed by atoms with E-state index in [4.69, 9.17) is 11.5 Å². The minimum atomic E-state index is 0.225. The van der Waals surface area contributed by atoms with E-state index in [9.17, 15) is 0 Å². The molecule has 0 radical (unpaired) electrons. The van der Waals surface area contributed by atoms with Gasteiger partial charge in [-0.15, -0.1) is 6.58 Å².